The van der Waals surface area contributed by atoms with Crippen molar-refractivity contribution >= 4 is 5.78 Å². The number of hydrogen-bond donors (Lipinski definition) is 0. The Labute approximate surface area is 105 Å². The van der Waals surface area contributed by atoms with Gasteiger partial charge in [-0.1, -0.05) is 36.5 Å². The maximum atomic E-state index is 11.5. The maximum absolute atomic E-state index is 11.5. The molecule has 0 radical (unpaired) electrons. The first kappa shape index (κ1) is 14.0. The Morgan fingerprint density at radius 1 is 0.588 bits per heavy atom. The Hall–Kier alpha value is -1.11. The highest BCUT2D eigenvalue weighted by Gasteiger charge is 1.98. The molecule has 94 valence electrons. The normalized spacial score (nSPS) is 26.2. The molecule has 0 heterocycles. The molecule has 0 aromatic rings. The van der Waals surface area contributed by atoms with Gasteiger partial charge in [0.1, 0.15) is 5.78 Å². The molecule has 0 atom stereocenters. The third-order valence-electron chi connectivity index (χ3n) is 2.92. The highest BCUT2D eigenvalue weighted by Crippen LogP contribution is 2.06. The second-order valence-electron chi connectivity index (χ2n) is 4.54. The Balaban J connectivity index is 2.33. The standard InChI is InChI=1S/C16H24O/c17-16-14-12-10-8-6-4-2-1-3-5-7-9-11-13-15-16/h1-2,7-10H,3-6,11-15H2/b2-1-,9-7-,10-8+. The molecule has 0 unspecified atom stereocenters. The lowest BCUT2D eigenvalue weighted by molar-refractivity contribution is -0.119. The monoisotopic (exact) mass is 232 g/mol. The molecule has 1 rings (SSSR count). The Morgan fingerprint density at radius 2 is 1.06 bits per heavy atom. The van der Waals surface area contributed by atoms with Gasteiger partial charge >= 0.3 is 0 Å². The van der Waals surface area contributed by atoms with Gasteiger partial charge in [-0.05, 0) is 44.9 Å². The predicted molar refractivity (Wildman–Crippen MR) is 74.0 cm³/mol. The van der Waals surface area contributed by atoms with Gasteiger partial charge in [-0.2, -0.15) is 0 Å². The summed E-state index contributed by atoms with van der Waals surface area (Å²) in [4.78, 5) is 11.5. The molecule has 0 saturated carbocycles. The molecule has 1 nitrogen and oxygen atoms in total. The van der Waals surface area contributed by atoms with Crippen molar-refractivity contribution in [3.05, 3.63) is 36.5 Å². The summed E-state index contributed by atoms with van der Waals surface area (Å²) in [6.07, 6.45) is 22.2. The van der Waals surface area contributed by atoms with E-state index >= 15 is 0 Å². The lowest BCUT2D eigenvalue weighted by Crippen LogP contribution is -1.96. The van der Waals surface area contributed by atoms with Crippen molar-refractivity contribution in [1.29, 1.82) is 0 Å². The molecule has 0 bridgehead atoms. The molecule has 0 aromatic heterocycles. The summed E-state index contributed by atoms with van der Waals surface area (Å²) in [7, 11) is 0. The van der Waals surface area contributed by atoms with Crippen LogP contribution in [0.4, 0.5) is 0 Å². The number of rotatable bonds is 0. The molecule has 0 spiro atoms. The second kappa shape index (κ2) is 10.1. The van der Waals surface area contributed by atoms with Crippen LogP contribution in [0.3, 0.4) is 0 Å². The number of carbonyl (C=O) groups excluding carboxylic acids is 1. The third kappa shape index (κ3) is 8.67. The number of hydrogen-bond acceptors (Lipinski definition) is 1. The van der Waals surface area contributed by atoms with Crippen molar-refractivity contribution in [2.75, 3.05) is 0 Å². The first-order chi connectivity index (χ1) is 8.39. The van der Waals surface area contributed by atoms with Gasteiger partial charge in [0.25, 0.3) is 0 Å². The lowest BCUT2D eigenvalue weighted by Gasteiger charge is -1.97. The molecular formula is C16H24O. The third-order valence-corrected chi connectivity index (χ3v) is 2.92. The molecule has 0 aliphatic heterocycles. The van der Waals surface area contributed by atoms with Crippen LogP contribution in [0.1, 0.15) is 57.8 Å². The van der Waals surface area contributed by atoms with Gasteiger partial charge in [0.2, 0.25) is 0 Å². The topological polar surface area (TPSA) is 17.1 Å². The molecule has 17 heavy (non-hydrogen) atoms. The molecular weight excluding hydrogens is 208 g/mol. The smallest absolute Gasteiger partial charge is 0.133 e. The van der Waals surface area contributed by atoms with Gasteiger partial charge in [-0.15, -0.1) is 0 Å². The van der Waals surface area contributed by atoms with E-state index in [2.05, 4.69) is 36.5 Å². The summed E-state index contributed by atoms with van der Waals surface area (Å²) < 4.78 is 0. The molecule has 0 saturated heterocycles. The fourth-order valence-electron chi connectivity index (χ4n) is 1.88. The van der Waals surface area contributed by atoms with E-state index in [1.54, 1.807) is 0 Å². The van der Waals surface area contributed by atoms with Crippen LogP contribution in [0.25, 0.3) is 0 Å². The van der Waals surface area contributed by atoms with Gasteiger partial charge in [0.15, 0.2) is 0 Å². The van der Waals surface area contributed by atoms with E-state index in [9.17, 15) is 4.79 Å². The average Bonchev–Trinajstić information content (AvgIpc) is 2.32. The minimum atomic E-state index is 0.412. The number of Topliss-reactive ketones (excluding diaryl/α,β-unsaturated/α-hetero) is 1. The van der Waals surface area contributed by atoms with E-state index < -0.39 is 0 Å². The minimum Gasteiger partial charge on any atom is -0.300 e. The average molecular weight is 232 g/mol. The van der Waals surface area contributed by atoms with Crippen molar-refractivity contribution in [2.45, 2.75) is 57.8 Å². The summed E-state index contributed by atoms with van der Waals surface area (Å²) in [5.41, 5.74) is 0. The summed E-state index contributed by atoms with van der Waals surface area (Å²) in [5, 5.41) is 0. The molecule has 0 fully saturated rings. The minimum absolute atomic E-state index is 0.412. The van der Waals surface area contributed by atoms with Crippen LogP contribution in [0, 0.1) is 0 Å². The highest BCUT2D eigenvalue weighted by atomic mass is 16.1. The van der Waals surface area contributed by atoms with E-state index in [1.807, 2.05) is 0 Å². The van der Waals surface area contributed by atoms with E-state index in [0.717, 1.165) is 57.8 Å². The number of ketones is 1. The van der Waals surface area contributed by atoms with E-state index in [1.165, 1.54) is 0 Å². The maximum Gasteiger partial charge on any atom is 0.133 e. The van der Waals surface area contributed by atoms with Crippen molar-refractivity contribution in [3.8, 4) is 0 Å². The SMILES string of the molecule is O=C1CC/C=C/CC/C=C\CC/C=C\CCC1. The predicted octanol–water partition coefficient (Wildman–Crippen LogP) is 4.75. The van der Waals surface area contributed by atoms with Crippen LogP contribution in [0.5, 0.6) is 0 Å². The zero-order chi connectivity index (χ0) is 12.2. The van der Waals surface area contributed by atoms with Gasteiger partial charge in [-0.3, -0.25) is 4.79 Å². The van der Waals surface area contributed by atoms with E-state index in [-0.39, 0.29) is 0 Å². The fraction of sp³-hybridized carbons (Fsp3) is 0.562. The Morgan fingerprint density at radius 3 is 1.65 bits per heavy atom. The Bertz CT molecular complexity index is 284. The highest BCUT2D eigenvalue weighted by molar-refractivity contribution is 5.78. The summed E-state index contributed by atoms with van der Waals surface area (Å²) >= 11 is 0. The van der Waals surface area contributed by atoms with Crippen LogP contribution < -0.4 is 0 Å². The van der Waals surface area contributed by atoms with E-state index in [0.29, 0.717) is 5.78 Å². The van der Waals surface area contributed by atoms with Gasteiger partial charge in [0.05, 0.1) is 0 Å². The second-order valence-corrected chi connectivity index (χ2v) is 4.54. The molecule has 1 heteroatoms. The van der Waals surface area contributed by atoms with Gasteiger partial charge in [-0.25, -0.2) is 0 Å². The zero-order valence-electron chi connectivity index (χ0n) is 10.7. The first-order valence-electron chi connectivity index (χ1n) is 6.86. The molecule has 0 aromatic carbocycles. The van der Waals surface area contributed by atoms with Crippen LogP contribution in [0.15, 0.2) is 36.5 Å². The van der Waals surface area contributed by atoms with Crippen LogP contribution in [-0.4, -0.2) is 5.78 Å². The summed E-state index contributed by atoms with van der Waals surface area (Å²) in [6.45, 7) is 0. The van der Waals surface area contributed by atoms with Crippen LogP contribution in [0.2, 0.25) is 0 Å². The zero-order valence-corrected chi connectivity index (χ0v) is 10.7. The molecule has 1 aliphatic rings. The Kier molecular flexibility index (Phi) is 8.27. The van der Waals surface area contributed by atoms with Crippen LogP contribution >= 0.6 is 0 Å². The summed E-state index contributed by atoms with van der Waals surface area (Å²) in [5.74, 6) is 0.412. The largest absolute Gasteiger partial charge is 0.300 e. The van der Waals surface area contributed by atoms with Gasteiger partial charge < -0.3 is 0 Å². The fourth-order valence-corrected chi connectivity index (χ4v) is 1.88. The van der Waals surface area contributed by atoms with Gasteiger partial charge in [0, 0.05) is 12.8 Å². The van der Waals surface area contributed by atoms with E-state index in [4.69, 9.17) is 0 Å². The number of carbonyl (C=O) groups is 1. The molecule has 1 aliphatic carbocycles. The summed E-state index contributed by atoms with van der Waals surface area (Å²) in [6, 6.07) is 0. The quantitative estimate of drug-likeness (QED) is 0.551. The molecule has 0 N–H and O–H groups in total. The van der Waals surface area contributed by atoms with Crippen molar-refractivity contribution < 1.29 is 4.79 Å². The molecule has 0 amide bonds. The number of allylic oxidation sites excluding steroid dienone is 6. The lowest BCUT2D eigenvalue weighted by atomic mass is 10.1. The van der Waals surface area contributed by atoms with Crippen molar-refractivity contribution in [3.63, 3.8) is 0 Å². The van der Waals surface area contributed by atoms with Crippen molar-refractivity contribution in [1.82, 2.24) is 0 Å². The van der Waals surface area contributed by atoms with Crippen molar-refractivity contribution in [2.24, 2.45) is 0 Å². The van der Waals surface area contributed by atoms with Crippen LogP contribution in [-0.2, 0) is 4.79 Å². The first-order valence-corrected chi connectivity index (χ1v) is 6.86.